The summed E-state index contributed by atoms with van der Waals surface area (Å²) in [7, 11) is 0. The molecule has 0 aromatic heterocycles. The number of alkyl halides is 3. The molecule has 0 spiro atoms. The lowest BCUT2D eigenvalue weighted by atomic mass is 10.0. The fraction of sp³-hybridized carbons (Fsp3) is 0.222. The van der Waals surface area contributed by atoms with Crippen molar-refractivity contribution >= 4 is 40.6 Å². The van der Waals surface area contributed by atoms with Crippen molar-refractivity contribution in [2.45, 2.75) is 20.0 Å². The minimum Gasteiger partial charge on any atom is -0.491 e. The number of hydrogen-bond acceptors (Lipinski definition) is 3. The molecule has 0 bridgehead atoms. The molecule has 1 amide bonds. The molecule has 0 aliphatic heterocycles. The van der Waals surface area contributed by atoms with Gasteiger partial charge in [0.05, 0.1) is 22.2 Å². The van der Waals surface area contributed by atoms with Gasteiger partial charge in [0.25, 0.3) is 5.91 Å². The van der Waals surface area contributed by atoms with Crippen LogP contribution in [0, 0.1) is 0 Å². The Balaban J connectivity index is 2.35. The van der Waals surface area contributed by atoms with Crippen LogP contribution in [0.15, 0.2) is 30.3 Å². The van der Waals surface area contributed by atoms with Gasteiger partial charge in [0, 0.05) is 16.8 Å². The van der Waals surface area contributed by atoms with E-state index in [9.17, 15) is 22.8 Å². The Hall–Kier alpha value is -2.25. The molecule has 27 heavy (non-hydrogen) atoms. The number of benzene rings is 2. The number of rotatable bonds is 5. The lowest BCUT2D eigenvalue weighted by molar-refractivity contribution is -0.137. The topological polar surface area (TPSA) is 55.4 Å². The quantitative estimate of drug-likeness (QED) is 0.616. The molecule has 9 heteroatoms. The van der Waals surface area contributed by atoms with Crippen LogP contribution in [0.4, 0.5) is 18.9 Å². The first-order valence-electron chi connectivity index (χ1n) is 7.70. The van der Waals surface area contributed by atoms with Gasteiger partial charge in [-0.3, -0.25) is 9.59 Å². The maximum atomic E-state index is 13.2. The summed E-state index contributed by atoms with van der Waals surface area (Å²) in [5.74, 6) is -1.24. The van der Waals surface area contributed by atoms with Crippen LogP contribution in [0.3, 0.4) is 0 Å². The van der Waals surface area contributed by atoms with E-state index in [1.807, 2.05) is 0 Å². The van der Waals surface area contributed by atoms with Gasteiger partial charge in [-0.25, -0.2) is 0 Å². The molecule has 0 saturated heterocycles. The summed E-state index contributed by atoms with van der Waals surface area (Å²) in [6.45, 7) is 3.08. The van der Waals surface area contributed by atoms with Crippen LogP contribution in [0.2, 0.25) is 10.0 Å². The minimum atomic E-state index is -4.74. The highest BCUT2D eigenvalue weighted by atomic mass is 35.5. The Labute approximate surface area is 163 Å². The van der Waals surface area contributed by atoms with Gasteiger partial charge in [-0.15, -0.1) is 0 Å². The fourth-order valence-corrected chi connectivity index (χ4v) is 2.94. The average molecular weight is 420 g/mol. The van der Waals surface area contributed by atoms with Crippen LogP contribution in [-0.2, 0) is 6.18 Å². The van der Waals surface area contributed by atoms with Crippen molar-refractivity contribution in [2.24, 2.45) is 0 Å². The first-order valence-corrected chi connectivity index (χ1v) is 8.45. The second-order valence-corrected chi connectivity index (χ2v) is 6.28. The van der Waals surface area contributed by atoms with Crippen LogP contribution in [0.25, 0.3) is 0 Å². The zero-order valence-corrected chi connectivity index (χ0v) is 15.7. The highest BCUT2D eigenvalue weighted by Gasteiger charge is 2.34. The van der Waals surface area contributed by atoms with Gasteiger partial charge in [0.15, 0.2) is 11.5 Å². The van der Waals surface area contributed by atoms with Crippen molar-refractivity contribution in [3.63, 3.8) is 0 Å². The van der Waals surface area contributed by atoms with Gasteiger partial charge in [0.1, 0.15) is 0 Å². The molecule has 2 rings (SSSR count). The Morgan fingerprint density at radius 3 is 2.19 bits per heavy atom. The minimum absolute atomic E-state index is 0.0395. The number of hydrogen-bond donors (Lipinski definition) is 1. The van der Waals surface area contributed by atoms with Crippen molar-refractivity contribution in [2.75, 3.05) is 11.9 Å². The van der Waals surface area contributed by atoms with Crippen LogP contribution in [-0.4, -0.2) is 18.3 Å². The number of carbonyl (C=O) groups excluding carboxylic acids is 2. The maximum Gasteiger partial charge on any atom is 0.417 e. The Kier molecular flexibility index (Phi) is 6.38. The SMILES string of the molecule is CCOc1c(Cl)cc(C(=O)Nc2ccc(C(C)=O)c(C(F)(F)F)c2)cc1Cl. The first kappa shape index (κ1) is 21.1. The van der Waals surface area contributed by atoms with Gasteiger partial charge in [0.2, 0.25) is 0 Å². The second-order valence-electron chi connectivity index (χ2n) is 5.47. The van der Waals surface area contributed by atoms with Crippen molar-refractivity contribution in [1.29, 1.82) is 0 Å². The van der Waals surface area contributed by atoms with Crippen molar-refractivity contribution in [1.82, 2.24) is 0 Å². The van der Waals surface area contributed by atoms with Crippen LogP contribution in [0.1, 0.15) is 40.1 Å². The van der Waals surface area contributed by atoms with E-state index in [4.69, 9.17) is 27.9 Å². The normalized spacial score (nSPS) is 11.2. The number of Topliss-reactive ketones (excluding diaryl/α,β-unsaturated/α-hetero) is 1. The highest BCUT2D eigenvalue weighted by Crippen LogP contribution is 2.36. The highest BCUT2D eigenvalue weighted by molar-refractivity contribution is 6.37. The number of amides is 1. The van der Waals surface area contributed by atoms with Crippen LogP contribution >= 0.6 is 23.2 Å². The standard InChI is InChI=1S/C18H14Cl2F3NO3/c1-3-27-16-14(19)6-10(7-15(16)20)17(26)24-11-4-5-12(9(2)25)13(8-11)18(21,22)23/h4-8H,3H2,1-2H3,(H,24,26). The summed E-state index contributed by atoms with van der Waals surface area (Å²) in [6.07, 6.45) is -4.74. The lowest BCUT2D eigenvalue weighted by Gasteiger charge is -2.14. The van der Waals surface area contributed by atoms with E-state index in [0.717, 1.165) is 13.0 Å². The third-order valence-corrected chi connectivity index (χ3v) is 4.07. The van der Waals surface area contributed by atoms with Crippen molar-refractivity contribution < 1.29 is 27.5 Å². The molecule has 0 saturated carbocycles. The molecular weight excluding hydrogens is 406 g/mol. The van der Waals surface area contributed by atoms with E-state index in [1.165, 1.54) is 18.2 Å². The molecule has 0 unspecified atom stereocenters. The molecule has 144 valence electrons. The predicted octanol–water partition coefficient (Wildman–Crippen LogP) is 5.87. The molecule has 2 aromatic carbocycles. The molecule has 0 radical (unpaired) electrons. The fourth-order valence-electron chi connectivity index (χ4n) is 2.34. The number of halogens is 5. The third kappa shape index (κ3) is 4.93. The summed E-state index contributed by atoms with van der Waals surface area (Å²) < 4.78 is 44.7. The molecule has 0 fully saturated rings. The largest absolute Gasteiger partial charge is 0.491 e. The summed E-state index contributed by atoms with van der Waals surface area (Å²) in [6, 6.07) is 5.51. The smallest absolute Gasteiger partial charge is 0.417 e. The van der Waals surface area contributed by atoms with E-state index >= 15 is 0 Å². The van der Waals surface area contributed by atoms with E-state index in [0.29, 0.717) is 12.7 Å². The molecule has 0 heterocycles. The Morgan fingerprint density at radius 2 is 1.70 bits per heavy atom. The van der Waals surface area contributed by atoms with Crippen LogP contribution < -0.4 is 10.1 Å². The van der Waals surface area contributed by atoms with Gasteiger partial charge in [-0.1, -0.05) is 23.2 Å². The number of carbonyl (C=O) groups is 2. The zero-order chi connectivity index (χ0) is 20.4. The molecule has 2 aromatic rings. The number of nitrogens with one attached hydrogen (secondary N) is 1. The van der Waals surface area contributed by atoms with E-state index in [1.54, 1.807) is 6.92 Å². The maximum absolute atomic E-state index is 13.2. The molecule has 0 atom stereocenters. The summed E-state index contributed by atoms with van der Waals surface area (Å²) in [5, 5.41) is 2.52. The summed E-state index contributed by atoms with van der Waals surface area (Å²) >= 11 is 12.1. The predicted molar refractivity (Wildman–Crippen MR) is 97.0 cm³/mol. The Bertz CT molecular complexity index is 875. The lowest BCUT2D eigenvalue weighted by Crippen LogP contribution is -2.15. The van der Waals surface area contributed by atoms with Gasteiger partial charge in [-0.2, -0.15) is 13.2 Å². The molecule has 1 N–H and O–H groups in total. The van der Waals surface area contributed by atoms with E-state index in [2.05, 4.69) is 5.32 Å². The number of anilines is 1. The number of ketones is 1. The third-order valence-electron chi connectivity index (χ3n) is 3.51. The zero-order valence-electron chi connectivity index (χ0n) is 14.2. The van der Waals surface area contributed by atoms with Crippen molar-refractivity contribution in [3.8, 4) is 5.75 Å². The summed E-state index contributed by atoms with van der Waals surface area (Å²) in [5.41, 5.74) is -1.70. The van der Waals surface area contributed by atoms with Gasteiger partial charge in [-0.05, 0) is 44.2 Å². The van der Waals surface area contributed by atoms with E-state index < -0.39 is 29.0 Å². The van der Waals surface area contributed by atoms with Gasteiger partial charge < -0.3 is 10.1 Å². The van der Waals surface area contributed by atoms with Gasteiger partial charge >= 0.3 is 6.18 Å². The average Bonchev–Trinajstić information content (AvgIpc) is 2.56. The molecule has 0 aliphatic rings. The Morgan fingerprint density at radius 1 is 1.11 bits per heavy atom. The number of ether oxygens (including phenoxy) is 1. The molecular formula is C18H14Cl2F3NO3. The van der Waals surface area contributed by atoms with Crippen molar-refractivity contribution in [3.05, 3.63) is 57.1 Å². The summed E-state index contributed by atoms with van der Waals surface area (Å²) in [4.78, 5) is 23.7. The van der Waals surface area contributed by atoms with Crippen LogP contribution in [0.5, 0.6) is 5.75 Å². The first-order chi connectivity index (χ1) is 12.5. The monoisotopic (exact) mass is 419 g/mol. The second kappa shape index (κ2) is 8.19. The molecule has 0 aliphatic carbocycles. The van der Waals surface area contributed by atoms with E-state index in [-0.39, 0.29) is 27.0 Å². The molecule has 4 nitrogen and oxygen atoms in total.